The smallest absolute Gasteiger partial charge is 0.262 e. The molecule has 1 amide bonds. The third kappa shape index (κ3) is 4.16. The second-order valence-corrected chi connectivity index (χ2v) is 9.98. The van der Waals surface area contributed by atoms with Gasteiger partial charge in [-0.2, -0.15) is 0 Å². The summed E-state index contributed by atoms with van der Waals surface area (Å²) in [5.41, 5.74) is 1.49. The van der Waals surface area contributed by atoms with E-state index in [2.05, 4.69) is 10.3 Å². The highest BCUT2D eigenvalue weighted by atomic mass is 35.5. The molecule has 152 valence electrons. The van der Waals surface area contributed by atoms with Gasteiger partial charge in [0.15, 0.2) is 5.16 Å². The van der Waals surface area contributed by atoms with Crippen molar-refractivity contribution >= 4 is 79.7 Å². The molecule has 0 fully saturated rings. The third-order valence-electron chi connectivity index (χ3n) is 4.77. The maximum atomic E-state index is 12.9. The summed E-state index contributed by atoms with van der Waals surface area (Å²) >= 11 is 20.8. The number of halogens is 3. The fraction of sp³-hybridized carbons (Fsp3) is 0.316. The number of aryl methyl sites for hydroxylation is 2. The van der Waals surface area contributed by atoms with Crippen molar-refractivity contribution in [2.24, 2.45) is 7.05 Å². The summed E-state index contributed by atoms with van der Waals surface area (Å²) in [7, 11) is 1.69. The van der Waals surface area contributed by atoms with E-state index < -0.39 is 0 Å². The molecule has 0 aliphatic heterocycles. The van der Waals surface area contributed by atoms with Gasteiger partial charge in [0.1, 0.15) is 4.83 Å². The van der Waals surface area contributed by atoms with Crippen molar-refractivity contribution in [1.82, 2.24) is 9.55 Å². The zero-order chi connectivity index (χ0) is 20.7. The highest BCUT2D eigenvalue weighted by Crippen LogP contribution is 2.35. The van der Waals surface area contributed by atoms with Crippen LogP contribution in [-0.2, 0) is 24.7 Å². The van der Waals surface area contributed by atoms with Crippen molar-refractivity contribution in [3.05, 3.63) is 48.0 Å². The Balaban J connectivity index is 1.54. The van der Waals surface area contributed by atoms with Gasteiger partial charge in [0.05, 0.1) is 31.9 Å². The van der Waals surface area contributed by atoms with Crippen LogP contribution in [0, 0.1) is 0 Å². The minimum absolute atomic E-state index is 0.0511. The number of fused-ring (bicyclic) bond motifs is 3. The van der Waals surface area contributed by atoms with E-state index in [4.69, 9.17) is 34.8 Å². The molecule has 0 saturated heterocycles. The van der Waals surface area contributed by atoms with Crippen LogP contribution in [0.2, 0.25) is 15.1 Å². The molecule has 1 aromatic carbocycles. The van der Waals surface area contributed by atoms with Gasteiger partial charge in [0.25, 0.3) is 5.56 Å². The molecule has 0 atom stereocenters. The molecule has 4 rings (SSSR count). The zero-order valence-corrected chi connectivity index (χ0v) is 19.3. The maximum absolute atomic E-state index is 12.9. The largest absolute Gasteiger partial charge is 0.324 e. The summed E-state index contributed by atoms with van der Waals surface area (Å²) in [5, 5.41) is 4.88. The number of benzene rings is 1. The van der Waals surface area contributed by atoms with Crippen molar-refractivity contribution < 1.29 is 4.79 Å². The van der Waals surface area contributed by atoms with E-state index in [1.54, 1.807) is 18.4 Å². The van der Waals surface area contributed by atoms with Crippen LogP contribution in [0.1, 0.15) is 23.3 Å². The topological polar surface area (TPSA) is 64.0 Å². The lowest BCUT2D eigenvalue weighted by molar-refractivity contribution is -0.113. The van der Waals surface area contributed by atoms with Crippen molar-refractivity contribution in [3.8, 4) is 0 Å². The highest BCUT2D eigenvalue weighted by Gasteiger charge is 2.21. The molecule has 0 radical (unpaired) electrons. The van der Waals surface area contributed by atoms with Crippen molar-refractivity contribution in [2.45, 2.75) is 30.8 Å². The lowest BCUT2D eigenvalue weighted by atomic mass is 9.97. The van der Waals surface area contributed by atoms with Crippen molar-refractivity contribution in [1.29, 1.82) is 0 Å². The third-order valence-corrected chi connectivity index (χ3v) is 8.02. The molecule has 0 unspecified atom stereocenters. The molecular formula is C19H16Cl3N3O2S2. The summed E-state index contributed by atoms with van der Waals surface area (Å²) in [4.78, 5) is 32.0. The molecule has 1 aliphatic carbocycles. The Morgan fingerprint density at radius 3 is 2.72 bits per heavy atom. The van der Waals surface area contributed by atoms with Gasteiger partial charge in [-0.05, 0) is 43.4 Å². The number of carbonyl (C=O) groups excluding carboxylic acids is 1. The Kier molecular flexibility index (Phi) is 6.14. The number of aromatic nitrogens is 2. The monoisotopic (exact) mass is 487 g/mol. The van der Waals surface area contributed by atoms with E-state index in [0.29, 0.717) is 25.9 Å². The normalized spacial score (nSPS) is 13.5. The van der Waals surface area contributed by atoms with Crippen LogP contribution in [0.15, 0.2) is 22.1 Å². The van der Waals surface area contributed by atoms with Crippen LogP contribution in [0.25, 0.3) is 10.2 Å². The van der Waals surface area contributed by atoms with Crippen LogP contribution in [0.3, 0.4) is 0 Å². The van der Waals surface area contributed by atoms with Crippen LogP contribution < -0.4 is 10.9 Å². The number of carbonyl (C=O) groups is 1. The number of anilines is 1. The van der Waals surface area contributed by atoms with Crippen molar-refractivity contribution in [3.63, 3.8) is 0 Å². The molecule has 1 N–H and O–H groups in total. The SMILES string of the molecule is Cn1c(SCC(=O)Nc2cc(Cl)c(Cl)cc2Cl)nc2sc3c(c2c1=O)CCCC3. The van der Waals surface area contributed by atoms with Crippen molar-refractivity contribution in [2.75, 3.05) is 11.1 Å². The second kappa shape index (κ2) is 8.47. The predicted molar refractivity (Wildman–Crippen MR) is 122 cm³/mol. The Hall–Kier alpha value is -1.25. The Labute approximate surface area is 190 Å². The van der Waals surface area contributed by atoms with Gasteiger partial charge in [-0.15, -0.1) is 11.3 Å². The lowest BCUT2D eigenvalue weighted by Crippen LogP contribution is -2.22. The molecule has 0 spiro atoms. The number of thiophene rings is 1. The zero-order valence-electron chi connectivity index (χ0n) is 15.4. The van der Waals surface area contributed by atoms with Gasteiger partial charge < -0.3 is 5.32 Å². The first-order chi connectivity index (χ1) is 13.8. The number of nitrogens with one attached hydrogen (secondary N) is 1. The Morgan fingerprint density at radius 1 is 1.21 bits per heavy atom. The van der Waals surface area contributed by atoms with Crippen LogP contribution >= 0.6 is 57.9 Å². The van der Waals surface area contributed by atoms with E-state index in [1.165, 1.54) is 33.3 Å². The van der Waals surface area contributed by atoms with Gasteiger partial charge >= 0.3 is 0 Å². The number of thioether (sulfide) groups is 1. The van der Waals surface area contributed by atoms with Gasteiger partial charge in [0.2, 0.25) is 5.91 Å². The molecule has 2 heterocycles. The molecule has 10 heteroatoms. The van der Waals surface area contributed by atoms with Gasteiger partial charge in [-0.3, -0.25) is 14.2 Å². The standard InChI is InChI=1S/C19H16Cl3N3O2S2/c1-25-18(27)16-9-4-2-3-5-14(9)29-17(16)24-19(25)28-8-15(26)23-13-7-11(21)10(20)6-12(13)22/h6-7H,2-5,8H2,1H3,(H,23,26). The first-order valence-electron chi connectivity index (χ1n) is 8.93. The summed E-state index contributed by atoms with van der Waals surface area (Å²) in [6.45, 7) is 0. The average Bonchev–Trinajstić information content (AvgIpc) is 3.06. The fourth-order valence-corrected chi connectivity index (χ4v) is 6.00. The molecular weight excluding hydrogens is 473 g/mol. The summed E-state index contributed by atoms with van der Waals surface area (Å²) in [6.07, 6.45) is 4.20. The first kappa shape index (κ1) is 21.0. The number of amides is 1. The maximum Gasteiger partial charge on any atom is 0.262 e. The Bertz CT molecular complexity index is 1190. The van der Waals surface area contributed by atoms with E-state index >= 15 is 0 Å². The molecule has 5 nitrogen and oxygen atoms in total. The Morgan fingerprint density at radius 2 is 1.93 bits per heavy atom. The quantitative estimate of drug-likeness (QED) is 0.296. The molecule has 1 aliphatic rings. The van der Waals surface area contributed by atoms with Gasteiger partial charge in [-0.1, -0.05) is 46.6 Å². The van der Waals surface area contributed by atoms with Crippen LogP contribution in [-0.4, -0.2) is 21.2 Å². The van der Waals surface area contributed by atoms with Crippen LogP contribution in [0.5, 0.6) is 0 Å². The van der Waals surface area contributed by atoms with Crippen LogP contribution in [0.4, 0.5) is 5.69 Å². The fourth-order valence-electron chi connectivity index (χ4n) is 3.33. The van der Waals surface area contributed by atoms with E-state index in [-0.39, 0.29) is 17.2 Å². The molecule has 3 aromatic rings. The van der Waals surface area contributed by atoms with Gasteiger partial charge in [0, 0.05) is 11.9 Å². The molecule has 29 heavy (non-hydrogen) atoms. The van der Waals surface area contributed by atoms with E-state index in [9.17, 15) is 9.59 Å². The minimum atomic E-state index is -0.282. The number of hydrogen-bond donors (Lipinski definition) is 1. The average molecular weight is 489 g/mol. The van der Waals surface area contributed by atoms with E-state index in [1.807, 2.05) is 0 Å². The molecule has 0 bridgehead atoms. The highest BCUT2D eigenvalue weighted by molar-refractivity contribution is 7.99. The number of rotatable bonds is 4. The molecule has 0 saturated carbocycles. The first-order valence-corrected chi connectivity index (χ1v) is 11.9. The van der Waals surface area contributed by atoms with E-state index in [0.717, 1.165) is 41.5 Å². The summed E-state index contributed by atoms with van der Waals surface area (Å²) in [5.74, 6) is -0.205. The molecule has 2 aromatic heterocycles. The minimum Gasteiger partial charge on any atom is -0.324 e. The predicted octanol–water partition coefficient (Wildman–Crippen LogP) is 5.56. The number of hydrogen-bond acceptors (Lipinski definition) is 5. The second-order valence-electron chi connectivity index (χ2n) is 6.73. The van der Waals surface area contributed by atoms with Gasteiger partial charge in [-0.25, -0.2) is 4.98 Å². The summed E-state index contributed by atoms with van der Waals surface area (Å²) < 4.78 is 1.52. The summed E-state index contributed by atoms with van der Waals surface area (Å²) in [6, 6.07) is 2.98. The lowest BCUT2D eigenvalue weighted by Gasteiger charge is -2.11. The number of nitrogens with zero attached hydrogens (tertiary/aromatic N) is 2.